The Morgan fingerprint density at radius 2 is 1.77 bits per heavy atom. The zero-order valence-electron chi connectivity index (χ0n) is 14.7. The molecule has 0 bridgehead atoms. The average molecular weight is 378 g/mol. The molecule has 0 spiro atoms. The first-order valence-electron chi connectivity index (χ1n) is 8.41. The maximum Gasteiger partial charge on any atom is 0.243 e. The second-order valence-electron chi connectivity index (χ2n) is 6.87. The monoisotopic (exact) mass is 378 g/mol. The van der Waals surface area contributed by atoms with E-state index in [1.807, 2.05) is 0 Å². The third kappa shape index (κ3) is 3.31. The summed E-state index contributed by atoms with van der Waals surface area (Å²) in [6, 6.07) is 8.80. The zero-order valence-corrected chi connectivity index (χ0v) is 15.6. The smallest absolute Gasteiger partial charge is 0.243 e. The number of carbonyl (C=O) groups excluding carboxylic acids is 1. The quantitative estimate of drug-likeness (QED) is 0.834. The summed E-state index contributed by atoms with van der Waals surface area (Å²) in [6.07, 6.45) is 1.17. The number of carbonyl (C=O) groups is 1. The van der Waals surface area contributed by atoms with Crippen molar-refractivity contribution in [3.63, 3.8) is 0 Å². The second kappa shape index (κ2) is 6.93. The molecule has 1 fully saturated rings. The fourth-order valence-corrected chi connectivity index (χ4v) is 4.49. The zero-order chi connectivity index (χ0) is 19.1. The van der Waals surface area contributed by atoms with Crippen LogP contribution >= 0.6 is 7.14 Å². The van der Waals surface area contributed by atoms with E-state index in [9.17, 15) is 18.1 Å². The topological polar surface area (TPSA) is 63.4 Å². The highest BCUT2D eigenvalue weighted by atomic mass is 31.2. The van der Waals surface area contributed by atoms with Gasteiger partial charge in [-0.05, 0) is 43.9 Å². The van der Waals surface area contributed by atoms with E-state index < -0.39 is 30.7 Å². The number of rotatable bonds is 3. The van der Waals surface area contributed by atoms with Gasteiger partial charge < -0.3 is 15.2 Å². The number of anilines is 1. The summed E-state index contributed by atoms with van der Waals surface area (Å²) >= 11 is 0. The van der Waals surface area contributed by atoms with Crippen molar-refractivity contribution in [3.05, 3.63) is 48.0 Å². The number of hydrogen-bond acceptors (Lipinski definition) is 3. The van der Waals surface area contributed by atoms with Gasteiger partial charge in [0, 0.05) is 17.4 Å². The molecule has 2 aromatic rings. The Bertz CT molecular complexity index is 910. The van der Waals surface area contributed by atoms with E-state index in [0.29, 0.717) is 30.3 Å². The van der Waals surface area contributed by atoms with Gasteiger partial charge in [0.1, 0.15) is 7.14 Å². The van der Waals surface area contributed by atoms with E-state index in [4.69, 9.17) is 5.73 Å². The summed E-state index contributed by atoms with van der Waals surface area (Å²) in [5.74, 6) is -2.56. The van der Waals surface area contributed by atoms with Crippen LogP contribution in [0.4, 0.5) is 14.5 Å². The van der Waals surface area contributed by atoms with Gasteiger partial charge in [0.15, 0.2) is 11.6 Å². The second-order valence-corrected chi connectivity index (χ2v) is 10.1. The van der Waals surface area contributed by atoms with Crippen molar-refractivity contribution in [2.45, 2.75) is 18.9 Å². The largest absolute Gasteiger partial charge is 0.320 e. The van der Waals surface area contributed by atoms with Crippen LogP contribution in [0.2, 0.25) is 0 Å². The SMILES string of the molecule is CP(C)(=O)c1ccccc1-c1ccc(N2CCCC(N)C2=O)c(F)c1F. The lowest BCUT2D eigenvalue weighted by atomic mass is 10.0. The normalized spacial score (nSPS) is 18.3. The summed E-state index contributed by atoms with van der Waals surface area (Å²) in [5, 5.41) is 0.488. The van der Waals surface area contributed by atoms with E-state index >= 15 is 0 Å². The van der Waals surface area contributed by atoms with Crippen LogP contribution in [-0.4, -0.2) is 31.8 Å². The van der Waals surface area contributed by atoms with Crippen molar-refractivity contribution in [3.8, 4) is 11.1 Å². The van der Waals surface area contributed by atoms with Gasteiger partial charge in [-0.2, -0.15) is 0 Å². The standard InChI is InChI=1S/C19H21F2N2O2P/c1-26(2,25)16-8-4-3-6-12(16)13-9-10-15(18(21)17(13)20)23-11-5-7-14(22)19(23)24/h3-4,6,8-10,14H,5,7,11,22H2,1-2H3. The summed E-state index contributed by atoms with van der Waals surface area (Å²) in [7, 11) is -2.68. The molecule has 0 radical (unpaired) electrons. The highest BCUT2D eigenvalue weighted by Gasteiger charge is 2.30. The third-order valence-electron chi connectivity index (χ3n) is 4.61. The van der Waals surface area contributed by atoms with Gasteiger partial charge >= 0.3 is 0 Å². The van der Waals surface area contributed by atoms with Crippen molar-refractivity contribution in [1.29, 1.82) is 0 Å². The van der Waals surface area contributed by atoms with Crippen LogP contribution in [0.3, 0.4) is 0 Å². The van der Waals surface area contributed by atoms with E-state index in [1.165, 1.54) is 17.0 Å². The predicted molar refractivity (Wildman–Crippen MR) is 100 cm³/mol. The molecule has 1 unspecified atom stereocenters. The minimum Gasteiger partial charge on any atom is -0.320 e. The van der Waals surface area contributed by atoms with Crippen molar-refractivity contribution in [2.24, 2.45) is 5.73 Å². The molecule has 1 heterocycles. The average Bonchev–Trinajstić information content (AvgIpc) is 2.59. The van der Waals surface area contributed by atoms with Gasteiger partial charge in [0.05, 0.1) is 11.7 Å². The molecule has 2 N–H and O–H groups in total. The molecule has 138 valence electrons. The Kier molecular flexibility index (Phi) is 5.00. The lowest BCUT2D eigenvalue weighted by Crippen LogP contribution is -2.48. The van der Waals surface area contributed by atoms with Crippen LogP contribution in [-0.2, 0) is 9.36 Å². The van der Waals surface area contributed by atoms with Gasteiger partial charge in [0.25, 0.3) is 0 Å². The molecule has 4 nitrogen and oxygen atoms in total. The number of amides is 1. The van der Waals surface area contributed by atoms with E-state index in [1.54, 1.807) is 37.6 Å². The first-order chi connectivity index (χ1) is 12.2. The fraction of sp³-hybridized carbons (Fsp3) is 0.316. The van der Waals surface area contributed by atoms with Gasteiger partial charge in [-0.25, -0.2) is 8.78 Å². The third-order valence-corrected chi connectivity index (χ3v) is 6.16. The maximum absolute atomic E-state index is 14.9. The van der Waals surface area contributed by atoms with Crippen molar-refractivity contribution in [2.75, 3.05) is 24.8 Å². The lowest BCUT2D eigenvalue weighted by molar-refractivity contribution is -0.120. The molecule has 2 aromatic carbocycles. The number of hydrogen-bond donors (Lipinski definition) is 1. The Labute approximate surface area is 151 Å². The molecule has 26 heavy (non-hydrogen) atoms. The molecule has 1 aliphatic rings. The van der Waals surface area contributed by atoms with Gasteiger partial charge in [-0.1, -0.05) is 24.3 Å². The van der Waals surface area contributed by atoms with Crippen LogP contribution in [0.1, 0.15) is 12.8 Å². The summed E-state index contributed by atoms with van der Waals surface area (Å²) in [6.45, 7) is 3.47. The van der Waals surface area contributed by atoms with E-state index in [-0.39, 0.29) is 11.3 Å². The Balaban J connectivity index is 2.10. The molecule has 0 aromatic heterocycles. The highest BCUT2D eigenvalue weighted by molar-refractivity contribution is 7.70. The van der Waals surface area contributed by atoms with Crippen molar-refractivity contribution < 1.29 is 18.1 Å². The first kappa shape index (κ1) is 18.7. The van der Waals surface area contributed by atoms with Crippen molar-refractivity contribution in [1.82, 2.24) is 0 Å². The van der Waals surface area contributed by atoms with E-state index in [0.717, 1.165) is 0 Å². The first-order valence-corrected chi connectivity index (χ1v) is 11.0. The Morgan fingerprint density at radius 3 is 2.46 bits per heavy atom. The predicted octanol–water partition coefficient (Wildman–Crippen LogP) is 3.33. The molecular weight excluding hydrogens is 357 g/mol. The lowest BCUT2D eigenvalue weighted by Gasteiger charge is -2.31. The van der Waals surface area contributed by atoms with Crippen molar-refractivity contribution >= 4 is 24.0 Å². The number of benzene rings is 2. The summed E-state index contributed by atoms with van der Waals surface area (Å²) in [5.41, 5.74) is 6.05. The molecule has 1 atom stereocenters. The molecule has 3 rings (SSSR count). The van der Waals surface area contributed by atoms with Crippen LogP contribution in [0.15, 0.2) is 36.4 Å². The minimum atomic E-state index is -2.68. The van der Waals surface area contributed by atoms with Gasteiger partial charge in [-0.15, -0.1) is 0 Å². The molecule has 0 saturated carbocycles. The molecule has 1 saturated heterocycles. The van der Waals surface area contributed by atoms with E-state index in [2.05, 4.69) is 0 Å². The van der Waals surface area contributed by atoms with Crippen LogP contribution in [0.5, 0.6) is 0 Å². The molecule has 0 aliphatic carbocycles. The number of halogens is 2. The maximum atomic E-state index is 14.9. The summed E-state index contributed by atoms with van der Waals surface area (Å²) < 4.78 is 42.2. The molecule has 1 aliphatic heterocycles. The van der Waals surface area contributed by atoms with Crippen LogP contribution < -0.4 is 15.9 Å². The number of nitrogens with zero attached hydrogens (tertiary/aromatic N) is 1. The highest BCUT2D eigenvalue weighted by Crippen LogP contribution is 2.40. The molecule has 1 amide bonds. The van der Waals surface area contributed by atoms with Crippen LogP contribution in [0.25, 0.3) is 11.1 Å². The van der Waals surface area contributed by atoms with Gasteiger partial charge in [-0.3, -0.25) is 4.79 Å². The van der Waals surface area contributed by atoms with Gasteiger partial charge in [0.2, 0.25) is 5.91 Å². The summed E-state index contributed by atoms with van der Waals surface area (Å²) in [4.78, 5) is 13.4. The Hall–Kier alpha value is -2.04. The Morgan fingerprint density at radius 1 is 1.08 bits per heavy atom. The molecule has 7 heteroatoms. The number of nitrogens with two attached hydrogens (primary N) is 1. The fourth-order valence-electron chi connectivity index (χ4n) is 3.27. The molecular formula is C19H21F2N2O2P. The minimum absolute atomic E-state index is 0.0273. The number of piperidine rings is 1. The van der Waals surface area contributed by atoms with Crippen LogP contribution in [0, 0.1) is 11.6 Å².